The smallest absolute Gasteiger partial charge is 0.306 e. The molecule has 11 nitrogen and oxygen atoms in total. The Morgan fingerprint density at radius 3 is 1.49 bits per heavy atom. The molecule has 6 N–H and O–H groups in total. The number of aliphatic hydroxyl groups is 5. The lowest BCUT2D eigenvalue weighted by Crippen LogP contribution is -2.61. The van der Waals surface area contributed by atoms with Crippen LogP contribution in [-0.2, 0) is 23.8 Å². The van der Waals surface area contributed by atoms with Gasteiger partial charge in [-0.25, -0.2) is 0 Å². The number of carbonyl (C=O) groups is 2. The van der Waals surface area contributed by atoms with Crippen LogP contribution in [0.3, 0.4) is 0 Å². The summed E-state index contributed by atoms with van der Waals surface area (Å²) in [6.07, 6.45) is 52.3. The third kappa shape index (κ3) is 38.3. The van der Waals surface area contributed by atoms with E-state index in [1.165, 1.54) is 96.3 Å². The Hall–Kier alpha value is -2.90. The third-order valence-electron chi connectivity index (χ3n) is 13.6. The van der Waals surface area contributed by atoms with Crippen molar-refractivity contribution in [3.8, 4) is 0 Å². The predicted molar refractivity (Wildman–Crippen MR) is 301 cm³/mol. The van der Waals surface area contributed by atoms with Crippen LogP contribution in [0.2, 0.25) is 0 Å². The van der Waals surface area contributed by atoms with E-state index in [2.05, 4.69) is 86.8 Å². The molecule has 11 heteroatoms. The van der Waals surface area contributed by atoms with Crippen LogP contribution in [0.1, 0.15) is 245 Å². The van der Waals surface area contributed by atoms with Gasteiger partial charge in [-0.2, -0.15) is 0 Å². The zero-order chi connectivity index (χ0) is 53.3. The maximum absolute atomic E-state index is 13.3. The first-order chi connectivity index (χ1) is 35.7. The van der Waals surface area contributed by atoms with E-state index in [0.29, 0.717) is 12.8 Å². The van der Waals surface area contributed by atoms with Gasteiger partial charge in [-0.3, -0.25) is 9.59 Å². The quantitative estimate of drug-likeness (QED) is 0.0195. The SMILES string of the molecule is CCCC/C=C\CCCCCCC(O)C(=O)NC(COC1OC(CO)C(O)C(O)C1OC(=O)CCCCCCC/C=C\C/C=C\C/C=C\C/C=C\CCCCC)C(O)/C=C/CCCCCCCCCCCCC. The average molecular weight is 1030 g/mol. The molecular weight excluding hydrogens is 919 g/mol. The van der Waals surface area contributed by atoms with Gasteiger partial charge in [0.2, 0.25) is 5.91 Å². The summed E-state index contributed by atoms with van der Waals surface area (Å²) in [5, 5.41) is 56.8. The van der Waals surface area contributed by atoms with Gasteiger partial charge in [0, 0.05) is 6.42 Å². The van der Waals surface area contributed by atoms with Gasteiger partial charge >= 0.3 is 5.97 Å². The Morgan fingerprint density at radius 1 is 0.534 bits per heavy atom. The molecule has 1 fully saturated rings. The molecule has 8 unspecified atom stereocenters. The first-order valence-electron chi connectivity index (χ1n) is 29.7. The molecule has 1 aliphatic rings. The summed E-state index contributed by atoms with van der Waals surface area (Å²) in [6.45, 7) is 5.69. The highest BCUT2D eigenvalue weighted by atomic mass is 16.7. The van der Waals surface area contributed by atoms with Crippen LogP contribution in [0, 0.1) is 0 Å². The minimum Gasteiger partial charge on any atom is -0.454 e. The average Bonchev–Trinajstić information content (AvgIpc) is 3.39. The Kier molecular flexibility index (Phi) is 46.6. The van der Waals surface area contributed by atoms with Gasteiger partial charge in [-0.15, -0.1) is 0 Å². The molecule has 0 aromatic carbocycles. The number of hydrogen-bond acceptors (Lipinski definition) is 10. The van der Waals surface area contributed by atoms with E-state index in [-0.39, 0.29) is 19.4 Å². The van der Waals surface area contributed by atoms with Crippen LogP contribution in [-0.4, -0.2) is 99.6 Å². The molecule has 0 spiro atoms. The van der Waals surface area contributed by atoms with E-state index >= 15 is 0 Å². The largest absolute Gasteiger partial charge is 0.454 e. The van der Waals surface area contributed by atoms with Gasteiger partial charge in [-0.1, -0.05) is 222 Å². The zero-order valence-corrected chi connectivity index (χ0v) is 46.5. The first-order valence-corrected chi connectivity index (χ1v) is 29.7. The third-order valence-corrected chi connectivity index (χ3v) is 13.6. The van der Waals surface area contributed by atoms with Crippen LogP contribution in [0.4, 0.5) is 0 Å². The van der Waals surface area contributed by atoms with Crippen LogP contribution in [0.15, 0.2) is 72.9 Å². The Labute approximate surface area is 445 Å². The Bertz CT molecular complexity index is 1460. The normalized spacial score (nSPS) is 19.9. The van der Waals surface area contributed by atoms with Crippen molar-refractivity contribution in [2.45, 2.75) is 294 Å². The minimum atomic E-state index is -1.62. The highest BCUT2D eigenvalue weighted by Crippen LogP contribution is 2.26. The van der Waals surface area contributed by atoms with Gasteiger partial charge in [0.05, 0.1) is 25.4 Å². The monoisotopic (exact) mass is 1030 g/mol. The lowest BCUT2D eigenvalue weighted by molar-refractivity contribution is -0.305. The topological polar surface area (TPSA) is 175 Å². The van der Waals surface area contributed by atoms with E-state index in [0.717, 1.165) is 103 Å². The molecule has 1 rings (SSSR count). The fraction of sp³-hybridized carbons (Fsp3) is 0.774. The van der Waals surface area contributed by atoms with Crippen molar-refractivity contribution in [2.75, 3.05) is 13.2 Å². The second-order valence-electron chi connectivity index (χ2n) is 20.4. The Balaban J connectivity index is 2.69. The van der Waals surface area contributed by atoms with Crippen LogP contribution in [0.25, 0.3) is 0 Å². The van der Waals surface area contributed by atoms with E-state index in [9.17, 15) is 35.1 Å². The van der Waals surface area contributed by atoms with E-state index < -0.39 is 67.4 Å². The maximum atomic E-state index is 13.3. The number of ether oxygens (including phenoxy) is 3. The van der Waals surface area contributed by atoms with Gasteiger partial charge in [0.1, 0.15) is 24.4 Å². The van der Waals surface area contributed by atoms with Gasteiger partial charge in [-0.05, 0) is 89.9 Å². The number of allylic oxidation sites excluding steroid dienone is 11. The molecule has 0 aromatic rings. The fourth-order valence-electron chi connectivity index (χ4n) is 8.79. The second-order valence-corrected chi connectivity index (χ2v) is 20.4. The molecule has 1 heterocycles. The number of aliphatic hydroxyl groups excluding tert-OH is 5. The number of nitrogens with one attached hydrogen (secondary N) is 1. The molecule has 1 aliphatic heterocycles. The lowest BCUT2D eigenvalue weighted by atomic mass is 9.99. The molecule has 8 atom stereocenters. The van der Waals surface area contributed by atoms with Crippen molar-refractivity contribution in [2.24, 2.45) is 0 Å². The highest BCUT2D eigenvalue weighted by molar-refractivity contribution is 5.80. The molecule has 422 valence electrons. The maximum Gasteiger partial charge on any atom is 0.306 e. The van der Waals surface area contributed by atoms with Crippen molar-refractivity contribution in [1.29, 1.82) is 0 Å². The fourth-order valence-corrected chi connectivity index (χ4v) is 8.79. The number of carbonyl (C=O) groups excluding carboxylic acids is 2. The molecule has 0 bridgehead atoms. The summed E-state index contributed by atoms with van der Waals surface area (Å²) in [5.41, 5.74) is 0. The number of hydrogen-bond donors (Lipinski definition) is 6. The standard InChI is InChI=1S/C62H109NO10/c1-4-7-10-13-16-19-22-24-25-26-27-28-29-30-31-33-35-38-41-44-47-50-57(67)73-60-59(69)58(68)56(51-64)72-62(60)71-52-53(54(65)48-45-42-39-37-34-32-23-20-17-14-11-8-5-2)63-61(70)55(66)49-46-43-40-36-21-18-15-12-9-6-3/h15-16,18-19,24-25,27-28,30-31,45,48,53-56,58-60,62,64-66,68-69H,4-14,17,20-23,26,29,32-44,46-47,49-52H2,1-3H3,(H,63,70)/b18-15-,19-16-,25-24-,28-27-,31-30-,48-45+. The summed E-state index contributed by atoms with van der Waals surface area (Å²) in [5.74, 6) is -1.23. The van der Waals surface area contributed by atoms with E-state index in [4.69, 9.17) is 14.2 Å². The molecule has 0 aromatic heterocycles. The summed E-state index contributed by atoms with van der Waals surface area (Å²) >= 11 is 0. The van der Waals surface area contributed by atoms with Crippen molar-refractivity contribution in [3.63, 3.8) is 0 Å². The van der Waals surface area contributed by atoms with Crippen LogP contribution >= 0.6 is 0 Å². The summed E-state index contributed by atoms with van der Waals surface area (Å²) in [6, 6.07) is -1.03. The molecule has 0 saturated carbocycles. The molecule has 73 heavy (non-hydrogen) atoms. The molecule has 1 amide bonds. The summed E-state index contributed by atoms with van der Waals surface area (Å²) in [7, 11) is 0. The zero-order valence-electron chi connectivity index (χ0n) is 46.5. The van der Waals surface area contributed by atoms with E-state index in [1.807, 2.05) is 6.08 Å². The number of rotatable bonds is 49. The van der Waals surface area contributed by atoms with Crippen molar-refractivity contribution < 1.29 is 49.3 Å². The van der Waals surface area contributed by atoms with Crippen LogP contribution < -0.4 is 5.32 Å². The van der Waals surface area contributed by atoms with Gasteiger partial charge < -0.3 is 45.1 Å². The minimum absolute atomic E-state index is 0.0991. The van der Waals surface area contributed by atoms with Crippen LogP contribution in [0.5, 0.6) is 0 Å². The van der Waals surface area contributed by atoms with Crippen molar-refractivity contribution in [3.05, 3.63) is 72.9 Å². The van der Waals surface area contributed by atoms with Gasteiger partial charge in [0.15, 0.2) is 12.4 Å². The molecule has 0 radical (unpaired) electrons. The van der Waals surface area contributed by atoms with E-state index in [1.54, 1.807) is 6.08 Å². The summed E-state index contributed by atoms with van der Waals surface area (Å²) in [4.78, 5) is 26.4. The molecule has 1 saturated heterocycles. The second kappa shape index (κ2) is 49.9. The lowest BCUT2D eigenvalue weighted by Gasteiger charge is -2.41. The van der Waals surface area contributed by atoms with Gasteiger partial charge in [0.25, 0.3) is 0 Å². The van der Waals surface area contributed by atoms with Crippen molar-refractivity contribution >= 4 is 11.9 Å². The molecule has 0 aliphatic carbocycles. The van der Waals surface area contributed by atoms with Crippen molar-refractivity contribution in [1.82, 2.24) is 5.32 Å². The number of esters is 1. The number of unbranched alkanes of at least 4 members (excludes halogenated alkanes) is 25. The highest BCUT2D eigenvalue weighted by Gasteiger charge is 2.47. The predicted octanol–water partition coefficient (Wildman–Crippen LogP) is 13.6. The Morgan fingerprint density at radius 2 is 0.959 bits per heavy atom. The first kappa shape index (κ1) is 68.1. The molecular formula is C62H109NO10. The number of amides is 1. The summed E-state index contributed by atoms with van der Waals surface area (Å²) < 4.78 is 17.6.